The molecule has 5 heteroatoms. The predicted octanol–water partition coefficient (Wildman–Crippen LogP) is 7.23. The molecule has 4 rings (SSSR count). The summed E-state index contributed by atoms with van der Waals surface area (Å²) in [4.78, 5) is 14.6. The van der Waals surface area contributed by atoms with Gasteiger partial charge in [0.05, 0.1) is 12.0 Å². The van der Waals surface area contributed by atoms with E-state index in [9.17, 15) is 4.79 Å². The minimum atomic E-state index is -0.125. The maximum absolute atomic E-state index is 10.0. The first-order chi connectivity index (χ1) is 15.1. The maximum atomic E-state index is 10.0. The molecule has 0 unspecified atom stereocenters. The van der Waals surface area contributed by atoms with Crippen LogP contribution >= 0.6 is 0 Å². The van der Waals surface area contributed by atoms with Crippen molar-refractivity contribution < 1.29 is 34.4 Å². The summed E-state index contributed by atoms with van der Waals surface area (Å²) >= 11 is 0. The van der Waals surface area contributed by atoms with E-state index >= 15 is 0 Å². The van der Waals surface area contributed by atoms with E-state index in [1.807, 2.05) is 6.20 Å². The summed E-state index contributed by atoms with van der Waals surface area (Å²) in [6.45, 7) is 11.2. The zero-order valence-corrected chi connectivity index (χ0v) is 22.1. The number of aromatic nitrogens is 1. The first-order valence-electron chi connectivity index (χ1n) is 10.5. The Labute approximate surface area is 208 Å². The van der Waals surface area contributed by atoms with Gasteiger partial charge in [-0.2, -0.15) is 0 Å². The Morgan fingerprint density at radius 1 is 0.939 bits per heavy atom. The van der Waals surface area contributed by atoms with Crippen molar-refractivity contribution in [3.05, 3.63) is 88.8 Å². The minimum Gasteiger partial charge on any atom is -0.512 e. The molecule has 2 heterocycles. The first kappa shape index (κ1) is 26.2. The second-order valence-corrected chi connectivity index (χ2v) is 8.25. The van der Waals surface area contributed by atoms with E-state index < -0.39 is 0 Å². The number of rotatable bonds is 3. The van der Waals surface area contributed by atoms with Crippen LogP contribution in [0.5, 0.6) is 0 Å². The molecule has 0 aliphatic carbocycles. The van der Waals surface area contributed by atoms with Crippen LogP contribution in [0, 0.1) is 33.8 Å². The van der Waals surface area contributed by atoms with Crippen molar-refractivity contribution in [2.75, 3.05) is 0 Å². The zero-order valence-electron chi connectivity index (χ0n) is 19.7. The van der Waals surface area contributed by atoms with E-state index in [1.54, 1.807) is 0 Å². The Kier molecular flexibility index (Phi) is 8.92. The molecule has 0 saturated heterocycles. The maximum Gasteiger partial charge on any atom is 0.155 e. The standard InChI is InChI=1S/C23H20NO.C5H8O2.Ir/c1-14-5-15(2)8-18(7-14)21-11-20-12-22(25-23(20)13-24-21)19-9-16(3)6-17(4)10-19;1-4(6)3-5(2)7;/h5-7,9-13H,1-4H3;3,6H,1-2H3;/q-1;;/b;4-3-;. The van der Waals surface area contributed by atoms with Crippen LogP contribution in [0.3, 0.4) is 0 Å². The summed E-state index contributed by atoms with van der Waals surface area (Å²) in [5.41, 5.74) is 8.67. The monoisotopic (exact) mass is 619 g/mol. The number of furan rings is 1. The number of ketones is 1. The molecule has 1 N–H and O–H groups in total. The van der Waals surface area contributed by atoms with Gasteiger partial charge in [-0.25, -0.2) is 0 Å². The van der Waals surface area contributed by atoms with Crippen LogP contribution in [0.15, 0.2) is 64.9 Å². The molecule has 4 nitrogen and oxygen atoms in total. The Balaban J connectivity index is 0.000000423. The van der Waals surface area contributed by atoms with Crippen LogP contribution in [0.4, 0.5) is 0 Å². The normalized spacial score (nSPS) is 10.9. The van der Waals surface area contributed by atoms with Crippen molar-refractivity contribution in [1.29, 1.82) is 0 Å². The molecular weight excluding hydrogens is 591 g/mol. The quantitative estimate of drug-likeness (QED) is 0.150. The molecule has 33 heavy (non-hydrogen) atoms. The van der Waals surface area contributed by atoms with Crippen molar-refractivity contribution in [3.63, 3.8) is 0 Å². The number of pyridine rings is 1. The Bertz CT molecular complexity index is 1220. The van der Waals surface area contributed by atoms with Crippen LogP contribution in [-0.2, 0) is 24.9 Å². The van der Waals surface area contributed by atoms with Crippen molar-refractivity contribution in [2.24, 2.45) is 0 Å². The molecule has 0 fully saturated rings. The van der Waals surface area contributed by atoms with E-state index in [4.69, 9.17) is 9.52 Å². The summed E-state index contributed by atoms with van der Waals surface area (Å²) < 4.78 is 6.03. The van der Waals surface area contributed by atoms with Gasteiger partial charge in [-0.3, -0.25) is 4.79 Å². The van der Waals surface area contributed by atoms with Crippen LogP contribution in [0.2, 0.25) is 0 Å². The molecule has 1 radical (unpaired) electrons. The van der Waals surface area contributed by atoms with Crippen molar-refractivity contribution in [2.45, 2.75) is 41.5 Å². The number of allylic oxidation sites excluding steroid dienone is 2. The fraction of sp³-hybridized carbons (Fsp3) is 0.214. The van der Waals surface area contributed by atoms with Gasteiger partial charge >= 0.3 is 0 Å². The van der Waals surface area contributed by atoms with E-state index in [0.29, 0.717) is 0 Å². The van der Waals surface area contributed by atoms with E-state index in [2.05, 4.69) is 81.2 Å². The number of aryl methyl sites for hydroxylation is 4. The van der Waals surface area contributed by atoms with Crippen LogP contribution < -0.4 is 0 Å². The summed E-state index contributed by atoms with van der Waals surface area (Å²) in [5.74, 6) is 0.817. The number of nitrogens with zero attached hydrogens (tertiary/aromatic N) is 1. The molecular formula is C28H28IrNO3-. The van der Waals surface area contributed by atoms with Gasteiger partial charge in [0.25, 0.3) is 0 Å². The molecule has 0 saturated carbocycles. The molecule has 0 aliphatic rings. The molecule has 0 atom stereocenters. The third-order valence-electron chi connectivity index (χ3n) is 4.75. The van der Waals surface area contributed by atoms with E-state index in [-0.39, 0.29) is 31.6 Å². The zero-order chi connectivity index (χ0) is 23.4. The number of carbonyl (C=O) groups is 1. The number of benzene rings is 2. The molecule has 2 aromatic heterocycles. The minimum absolute atomic E-state index is 0. The Morgan fingerprint density at radius 3 is 2.12 bits per heavy atom. The number of fused-ring (bicyclic) bond motifs is 1. The number of hydrogen-bond donors (Lipinski definition) is 1. The van der Waals surface area contributed by atoms with Gasteiger partial charge in [0.1, 0.15) is 5.76 Å². The summed E-state index contributed by atoms with van der Waals surface area (Å²) in [5, 5.41) is 9.42. The third-order valence-corrected chi connectivity index (χ3v) is 4.75. The van der Waals surface area contributed by atoms with Crippen LogP contribution in [-0.4, -0.2) is 15.9 Å². The number of carbonyl (C=O) groups excluding carboxylic acids is 1. The predicted molar refractivity (Wildman–Crippen MR) is 130 cm³/mol. The molecule has 173 valence electrons. The average Bonchev–Trinajstić information content (AvgIpc) is 3.09. The van der Waals surface area contributed by atoms with Gasteiger partial charge in [-0.1, -0.05) is 37.1 Å². The van der Waals surface area contributed by atoms with E-state index in [1.165, 1.54) is 36.6 Å². The second-order valence-electron chi connectivity index (χ2n) is 8.25. The molecule has 0 bridgehead atoms. The molecule has 4 aromatic rings. The van der Waals surface area contributed by atoms with Crippen molar-refractivity contribution in [1.82, 2.24) is 4.98 Å². The topological polar surface area (TPSA) is 63.3 Å². The third kappa shape index (κ3) is 7.24. The van der Waals surface area contributed by atoms with E-state index in [0.717, 1.165) is 39.1 Å². The fourth-order valence-electron chi connectivity index (χ4n) is 3.68. The fourth-order valence-corrected chi connectivity index (χ4v) is 3.68. The summed E-state index contributed by atoms with van der Waals surface area (Å²) in [6.07, 6.45) is 2.97. The van der Waals surface area contributed by atoms with Gasteiger partial charge in [-0.05, 0) is 51.6 Å². The summed E-state index contributed by atoms with van der Waals surface area (Å²) in [6, 6.07) is 18.3. The van der Waals surface area contributed by atoms with Gasteiger partial charge in [0.2, 0.25) is 0 Å². The van der Waals surface area contributed by atoms with Gasteiger partial charge in [-0.15, -0.1) is 34.9 Å². The van der Waals surface area contributed by atoms with Gasteiger partial charge < -0.3 is 14.5 Å². The Hall–Kier alpha value is -3.01. The first-order valence-corrected chi connectivity index (χ1v) is 10.5. The SMILES string of the molecule is CC(=O)/C=C(/C)O.Cc1[c-]c(-c2cc3cc(-c4cc(C)cc(C)c4)oc3cn2)cc(C)c1.[Ir]. The number of hydrogen-bond acceptors (Lipinski definition) is 4. The Morgan fingerprint density at radius 2 is 1.58 bits per heavy atom. The van der Waals surface area contributed by atoms with Crippen LogP contribution in [0.25, 0.3) is 33.6 Å². The largest absolute Gasteiger partial charge is 0.512 e. The van der Waals surface area contributed by atoms with Crippen molar-refractivity contribution in [3.8, 4) is 22.6 Å². The van der Waals surface area contributed by atoms with Gasteiger partial charge in [0.15, 0.2) is 11.4 Å². The molecule has 2 aromatic carbocycles. The van der Waals surface area contributed by atoms with Gasteiger partial charge in [0, 0.05) is 37.1 Å². The average molecular weight is 619 g/mol. The molecule has 0 spiro atoms. The van der Waals surface area contributed by atoms with Crippen LogP contribution in [0.1, 0.15) is 36.1 Å². The summed E-state index contributed by atoms with van der Waals surface area (Å²) in [7, 11) is 0. The molecule has 0 aliphatic heterocycles. The smallest absolute Gasteiger partial charge is 0.155 e. The van der Waals surface area contributed by atoms with Crippen molar-refractivity contribution >= 4 is 16.8 Å². The second kappa shape index (κ2) is 11.2. The number of aliphatic hydroxyl groups is 1. The number of aliphatic hydroxyl groups excluding tert-OH is 1. The molecule has 0 amide bonds.